The van der Waals surface area contributed by atoms with Gasteiger partial charge in [-0.25, -0.2) is 0 Å². The molecule has 96 valence electrons. The van der Waals surface area contributed by atoms with Gasteiger partial charge in [0.1, 0.15) is 0 Å². The third kappa shape index (κ3) is 3.61. The Morgan fingerprint density at radius 1 is 1.18 bits per heavy atom. The molecule has 4 heteroatoms. The Kier molecular flexibility index (Phi) is 5.78. The molecule has 1 aromatic rings. The van der Waals surface area contributed by atoms with Crippen molar-refractivity contribution in [3.05, 3.63) is 22.2 Å². The van der Waals surface area contributed by atoms with Gasteiger partial charge in [0.25, 0.3) is 0 Å². The minimum absolute atomic E-state index is 0.263. The lowest BCUT2D eigenvalue weighted by atomic mass is 10.1. The van der Waals surface area contributed by atoms with Crippen molar-refractivity contribution in [2.75, 3.05) is 20.3 Å². The largest absolute Gasteiger partial charge is 0.490 e. The van der Waals surface area contributed by atoms with Crippen LogP contribution in [-0.4, -0.2) is 20.3 Å². The Morgan fingerprint density at radius 3 is 2.18 bits per heavy atom. The van der Waals surface area contributed by atoms with Crippen LogP contribution in [0.15, 0.2) is 16.6 Å². The maximum absolute atomic E-state index is 5.61. The molecule has 17 heavy (non-hydrogen) atoms. The Hall–Kier alpha value is -0.740. The van der Waals surface area contributed by atoms with E-state index in [0.29, 0.717) is 13.2 Å². The lowest BCUT2D eigenvalue weighted by Gasteiger charge is -2.17. The van der Waals surface area contributed by atoms with E-state index in [2.05, 4.69) is 28.2 Å². The van der Waals surface area contributed by atoms with E-state index < -0.39 is 0 Å². The molecular formula is C13H20BrNO2. The molecule has 0 bridgehead atoms. The van der Waals surface area contributed by atoms with Gasteiger partial charge in [-0.1, -0.05) is 15.9 Å². The topological polar surface area (TPSA) is 30.5 Å². The predicted molar refractivity (Wildman–Crippen MR) is 74.0 cm³/mol. The molecule has 0 aliphatic carbocycles. The van der Waals surface area contributed by atoms with Crippen molar-refractivity contribution < 1.29 is 9.47 Å². The van der Waals surface area contributed by atoms with Gasteiger partial charge in [-0.3, -0.25) is 0 Å². The molecule has 0 amide bonds. The van der Waals surface area contributed by atoms with Crippen molar-refractivity contribution in [2.24, 2.45) is 0 Å². The van der Waals surface area contributed by atoms with Gasteiger partial charge in [0.2, 0.25) is 0 Å². The molecule has 1 rings (SSSR count). The minimum atomic E-state index is 0.263. The fraction of sp³-hybridized carbons (Fsp3) is 0.538. The summed E-state index contributed by atoms with van der Waals surface area (Å²) < 4.78 is 12.2. The van der Waals surface area contributed by atoms with Crippen molar-refractivity contribution in [3.63, 3.8) is 0 Å². The molecule has 0 saturated carbocycles. The van der Waals surface area contributed by atoms with Crippen molar-refractivity contribution in [3.8, 4) is 11.5 Å². The van der Waals surface area contributed by atoms with Gasteiger partial charge >= 0.3 is 0 Å². The third-order valence-electron chi connectivity index (χ3n) is 2.56. The second kappa shape index (κ2) is 6.87. The lowest BCUT2D eigenvalue weighted by molar-refractivity contribution is 0.287. The zero-order valence-electron chi connectivity index (χ0n) is 10.8. The Balaban J connectivity index is 3.14. The highest BCUT2D eigenvalue weighted by Crippen LogP contribution is 2.36. The second-order valence-corrected chi connectivity index (χ2v) is 4.55. The Bertz CT molecular complexity index is 369. The summed E-state index contributed by atoms with van der Waals surface area (Å²) in [5.74, 6) is 1.59. The molecule has 0 aliphatic heterocycles. The first kappa shape index (κ1) is 14.3. The number of rotatable bonds is 6. The van der Waals surface area contributed by atoms with Crippen molar-refractivity contribution in [1.82, 2.24) is 5.32 Å². The summed E-state index contributed by atoms with van der Waals surface area (Å²) in [5, 5.41) is 3.22. The summed E-state index contributed by atoms with van der Waals surface area (Å²) >= 11 is 3.57. The van der Waals surface area contributed by atoms with E-state index in [-0.39, 0.29) is 6.04 Å². The summed E-state index contributed by atoms with van der Waals surface area (Å²) in [6, 6.07) is 4.26. The molecule has 0 aromatic heterocycles. The van der Waals surface area contributed by atoms with Gasteiger partial charge < -0.3 is 14.8 Å². The molecule has 0 heterocycles. The van der Waals surface area contributed by atoms with Crippen LogP contribution in [0, 0.1) is 0 Å². The van der Waals surface area contributed by atoms with Gasteiger partial charge in [0.05, 0.1) is 13.2 Å². The fourth-order valence-corrected chi connectivity index (χ4v) is 2.24. The highest BCUT2D eigenvalue weighted by atomic mass is 79.9. The number of hydrogen-bond donors (Lipinski definition) is 1. The Labute approximate surface area is 112 Å². The molecule has 1 atom stereocenters. The van der Waals surface area contributed by atoms with E-state index in [1.165, 1.54) is 5.56 Å². The average Bonchev–Trinajstić information content (AvgIpc) is 2.32. The van der Waals surface area contributed by atoms with E-state index >= 15 is 0 Å². The van der Waals surface area contributed by atoms with E-state index in [1.807, 2.05) is 33.0 Å². The number of halogens is 1. The third-order valence-corrected chi connectivity index (χ3v) is 3.25. The molecular weight excluding hydrogens is 282 g/mol. The molecule has 1 unspecified atom stereocenters. The number of nitrogens with one attached hydrogen (secondary N) is 1. The van der Waals surface area contributed by atoms with Crippen LogP contribution in [0.5, 0.6) is 11.5 Å². The van der Waals surface area contributed by atoms with Crippen LogP contribution < -0.4 is 14.8 Å². The highest BCUT2D eigenvalue weighted by molar-refractivity contribution is 9.10. The molecule has 0 saturated heterocycles. The maximum Gasteiger partial charge on any atom is 0.162 e. The van der Waals surface area contributed by atoms with E-state index in [9.17, 15) is 0 Å². The molecule has 0 fully saturated rings. The minimum Gasteiger partial charge on any atom is -0.490 e. The lowest BCUT2D eigenvalue weighted by Crippen LogP contribution is -2.13. The molecule has 0 spiro atoms. The van der Waals surface area contributed by atoms with Gasteiger partial charge in [-0.2, -0.15) is 0 Å². The first-order valence-electron chi connectivity index (χ1n) is 5.90. The predicted octanol–water partition coefficient (Wildman–Crippen LogP) is 3.53. The van der Waals surface area contributed by atoms with Gasteiger partial charge in [-0.15, -0.1) is 0 Å². The van der Waals surface area contributed by atoms with Crippen LogP contribution in [-0.2, 0) is 0 Å². The van der Waals surface area contributed by atoms with Crippen LogP contribution in [0.4, 0.5) is 0 Å². The van der Waals surface area contributed by atoms with Crippen molar-refractivity contribution in [2.45, 2.75) is 26.8 Å². The molecule has 1 N–H and O–H groups in total. The van der Waals surface area contributed by atoms with Gasteiger partial charge in [0.15, 0.2) is 11.5 Å². The van der Waals surface area contributed by atoms with Crippen LogP contribution in [0.25, 0.3) is 0 Å². The zero-order chi connectivity index (χ0) is 12.8. The quantitative estimate of drug-likeness (QED) is 0.872. The van der Waals surface area contributed by atoms with Crippen LogP contribution >= 0.6 is 15.9 Å². The number of ether oxygens (including phenoxy) is 2. The van der Waals surface area contributed by atoms with Crippen LogP contribution in [0.1, 0.15) is 32.4 Å². The first-order valence-corrected chi connectivity index (χ1v) is 6.69. The molecule has 1 aromatic carbocycles. The van der Waals surface area contributed by atoms with E-state index in [1.54, 1.807) is 0 Å². The maximum atomic E-state index is 5.61. The Morgan fingerprint density at radius 2 is 1.71 bits per heavy atom. The highest BCUT2D eigenvalue weighted by Gasteiger charge is 2.14. The van der Waals surface area contributed by atoms with E-state index in [4.69, 9.17) is 9.47 Å². The second-order valence-electron chi connectivity index (χ2n) is 3.70. The molecule has 0 radical (unpaired) electrons. The first-order chi connectivity index (χ1) is 8.13. The van der Waals surface area contributed by atoms with E-state index in [0.717, 1.165) is 16.0 Å². The van der Waals surface area contributed by atoms with Crippen LogP contribution in [0.3, 0.4) is 0 Å². The summed E-state index contributed by atoms with van der Waals surface area (Å²) in [6.07, 6.45) is 0. The number of benzene rings is 1. The molecule has 0 aliphatic rings. The summed E-state index contributed by atoms with van der Waals surface area (Å²) in [5.41, 5.74) is 1.17. The monoisotopic (exact) mass is 301 g/mol. The summed E-state index contributed by atoms with van der Waals surface area (Å²) in [6.45, 7) is 7.31. The number of hydrogen-bond acceptors (Lipinski definition) is 3. The normalized spacial score (nSPS) is 12.3. The average molecular weight is 302 g/mol. The van der Waals surface area contributed by atoms with Gasteiger partial charge in [-0.05, 0) is 45.5 Å². The molecule has 3 nitrogen and oxygen atoms in total. The SMILES string of the molecule is CCOc1cc(Br)c(C(C)NC)cc1OCC. The summed E-state index contributed by atoms with van der Waals surface area (Å²) in [4.78, 5) is 0. The van der Waals surface area contributed by atoms with Crippen molar-refractivity contribution >= 4 is 15.9 Å². The zero-order valence-corrected chi connectivity index (χ0v) is 12.4. The van der Waals surface area contributed by atoms with Gasteiger partial charge in [0, 0.05) is 10.5 Å². The summed E-state index contributed by atoms with van der Waals surface area (Å²) in [7, 11) is 1.94. The smallest absolute Gasteiger partial charge is 0.162 e. The van der Waals surface area contributed by atoms with Crippen molar-refractivity contribution in [1.29, 1.82) is 0 Å². The fourth-order valence-electron chi connectivity index (χ4n) is 1.57. The standard InChI is InChI=1S/C13H20BrNO2/c1-5-16-12-7-10(9(3)15-4)11(14)8-13(12)17-6-2/h7-9,15H,5-6H2,1-4H3. The van der Waals surface area contributed by atoms with Crippen LogP contribution in [0.2, 0.25) is 0 Å².